The van der Waals surface area contributed by atoms with E-state index in [0.717, 1.165) is 35.5 Å². The molecule has 0 bridgehead atoms. The van der Waals surface area contributed by atoms with E-state index in [2.05, 4.69) is 41.5 Å². The molecule has 6 unspecified atom stereocenters. The van der Waals surface area contributed by atoms with Gasteiger partial charge >= 0.3 is 0 Å². The highest BCUT2D eigenvalue weighted by molar-refractivity contribution is 5.06. The molecule has 3 rings (SSSR count). The van der Waals surface area contributed by atoms with E-state index in [1.807, 2.05) is 0 Å². The molecule has 3 saturated carbocycles. The predicted molar refractivity (Wildman–Crippen MR) is 101 cm³/mol. The molecule has 0 aromatic rings. The van der Waals surface area contributed by atoms with Crippen LogP contribution in [-0.4, -0.2) is 0 Å². The Labute approximate surface area is 146 Å². The van der Waals surface area contributed by atoms with Gasteiger partial charge in [0.25, 0.3) is 0 Å². The van der Waals surface area contributed by atoms with Crippen molar-refractivity contribution in [3.63, 3.8) is 0 Å². The van der Waals surface area contributed by atoms with Gasteiger partial charge in [0.2, 0.25) is 0 Å². The van der Waals surface area contributed by atoms with E-state index in [0.29, 0.717) is 10.8 Å². The van der Waals surface area contributed by atoms with Gasteiger partial charge < -0.3 is 0 Å². The Hall–Kier alpha value is 0. The fourth-order valence-corrected chi connectivity index (χ4v) is 8.02. The van der Waals surface area contributed by atoms with E-state index in [9.17, 15) is 0 Å². The molecule has 134 valence electrons. The Bertz CT molecular complexity index is 402. The molecule has 23 heavy (non-hydrogen) atoms. The van der Waals surface area contributed by atoms with Crippen LogP contribution < -0.4 is 0 Å². The Morgan fingerprint density at radius 2 is 1.52 bits per heavy atom. The minimum Gasteiger partial charge on any atom is -0.0651 e. The van der Waals surface area contributed by atoms with E-state index in [1.165, 1.54) is 57.8 Å². The van der Waals surface area contributed by atoms with Crippen LogP contribution in [0.1, 0.15) is 99.3 Å². The largest absolute Gasteiger partial charge is 0.0651 e. The molecule has 0 aromatic carbocycles. The first-order valence-electron chi connectivity index (χ1n) is 10.9. The molecule has 0 amide bonds. The second-order valence-electron chi connectivity index (χ2n) is 10.4. The van der Waals surface area contributed by atoms with E-state index < -0.39 is 0 Å². The summed E-state index contributed by atoms with van der Waals surface area (Å²) in [7, 11) is 0. The van der Waals surface area contributed by atoms with Crippen LogP contribution in [0.15, 0.2) is 0 Å². The van der Waals surface area contributed by atoms with E-state index >= 15 is 0 Å². The highest BCUT2D eigenvalue weighted by Crippen LogP contribution is 2.65. The molecule has 0 saturated heterocycles. The van der Waals surface area contributed by atoms with E-state index in [-0.39, 0.29) is 0 Å². The van der Waals surface area contributed by atoms with Gasteiger partial charge in [-0.05, 0) is 78.4 Å². The van der Waals surface area contributed by atoms with Gasteiger partial charge in [0, 0.05) is 0 Å². The Morgan fingerprint density at radius 1 is 0.870 bits per heavy atom. The van der Waals surface area contributed by atoms with Crippen molar-refractivity contribution in [1.29, 1.82) is 0 Å². The third-order valence-corrected chi connectivity index (χ3v) is 9.14. The molecule has 0 nitrogen and oxygen atoms in total. The molecule has 0 aromatic heterocycles. The van der Waals surface area contributed by atoms with Gasteiger partial charge in [-0.15, -0.1) is 0 Å². The topological polar surface area (TPSA) is 0 Å². The minimum absolute atomic E-state index is 0.637. The fourth-order valence-electron chi connectivity index (χ4n) is 8.02. The normalized spacial score (nSPS) is 54.0. The second kappa shape index (κ2) is 6.38. The molecular weight excluding hydrogens is 276 g/mol. The summed E-state index contributed by atoms with van der Waals surface area (Å²) in [6, 6.07) is 0. The van der Waals surface area contributed by atoms with Gasteiger partial charge in [-0.25, -0.2) is 0 Å². The molecule has 3 aliphatic rings. The summed E-state index contributed by atoms with van der Waals surface area (Å²) in [6.07, 6.45) is 13.4. The maximum Gasteiger partial charge on any atom is -0.0264 e. The van der Waals surface area contributed by atoms with Crippen LogP contribution in [0.3, 0.4) is 0 Å². The van der Waals surface area contributed by atoms with E-state index in [1.54, 1.807) is 0 Å². The van der Waals surface area contributed by atoms with Gasteiger partial charge in [-0.1, -0.05) is 67.2 Å². The first-order chi connectivity index (χ1) is 10.9. The molecule has 0 aliphatic heterocycles. The lowest BCUT2D eigenvalue weighted by molar-refractivity contribution is -0.0908. The maximum absolute atomic E-state index is 2.68. The summed E-state index contributed by atoms with van der Waals surface area (Å²) in [6.45, 7) is 15.4. The standard InChI is InChI=1S/C23H42/c1-7-18-9-10-20-19(8-2)21(17(4)15-23(18,20)6)22(5)13-11-16(3)12-14-22/h16-21H,7-15H2,1-6H3. The SMILES string of the molecule is CCC1C(C2(C)CCC(C)CC2)C(C)CC2(C)C(CC)CCC12. The molecule has 0 heterocycles. The van der Waals surface area contributed by atoms with Gasteiger partial charge in [-0.2, -0.15) is 0 Å². The number of fused-ring (bicyclic) bond motifs is 1. The van der Waals surface area contributed by atoms with Crippen LogP contribution in [0.25, 0.3) is 0 Å². The average Bonchev–Trinajstić information content (AvgIpc) is 2.84. The molecule has 0 N–H and O–H groups in total. The molecule has 0 heteroatoms. The average molecular weight is 319 g/mol. The molecule has 3 fully saturated rings. The van der Waals surface area contributed by atoms with Crippen LogP contribution in [0.4, 0.5) is 0 Å². The smallest absolute Gasteiger partial charge is 0.0264 e. The Morgan fingerprint density at radius 3 is 2.09 bits per heavy atom. The molecule has 6 atom stereocenters. The summed E-state index contributed by atoms with van der Waals surface area (Å²) in [5.74, 6) is 5.93. The molecule has 0 spiro atoms. The summed E-state index contributed by atoms with van der Waals surface area (Å²) in [4.78, 5) is 0. The highest BCUT2D eigenvalue weighted by atomic mass is 14.6. The zero-order valence-corrected chi connectivity index (χ0v) is 16.8. The minimum atomic E-state index is 0.637. The van der Waals surface area contributed by atoms with Crippen LogP contribution in [-0.2, 0) is 0 Å². The lowest BCUT2D eigenvalue weighted by Crippen LogP contribution is -2.51. The van der Waals surface area contributed by atoms with Crippen molar-refractivity contribution in [2.45, 2.75) is 99.3 Å². The first kappa shape index (κ1) is 17.8. The Balaban J connectivity index is 1.88. The van der Waals surface area contributed by atoms with Gasteiger partial charge in [-0.3, -0.25) is 0 Å². The second-order valence-corrected chi connectivity index (χ2v) is 10.4. The van der Waals surface area contributed by atoms with Crippen molar-refractivity contribution in [1.82, 2.24) is 0 Å². The lowest BCUT2D eigenvalue weighted by atomic mass is 9.47. The van der Waals surface area contributed by atoms with Crippen LogP contribution in [0.5, 0.6) is 0 Å². The number of hydrogen-bond acceptors (Lipinski definition) is 0. The quantitative estimate of drug-likeness (QED) is 0.511. The molecular formula is C23H42. The number of rotatable bonds is 3. The third kappa shape index (κ3) is 2.81. The van der Waals surface area contributed by atoms with Crippen molar-refractivity contribution in [3.05, 3.63) is 0 Å². The molecule has 0 radical (unpaired) electrons. The monoisotopic (exact) mass is 318 g/mol. The summed E-state index contributed by atoms with van der Waals surface area (Å²) in [5, 5.41) is 0. The summed E-state index contributed by atoms with van der Waals surface area (Å²) < 4.78 is 0. The zero-order chi connectivity index (χ0) is 16.8. The van der Waals surface area contributed by atoms with Crippen LogP contribution >= 0.6 is 0 Å². The fraction of sp³-hybridized carbons (Fsp3) is 1.00. The van der Waals surface area contributed by atoms with Gasteiger partial charge in [0.15, 0.2) is 0 Å². The van der Waals surface area contributed by atoms with Crippen molar-refractivity contribution >= 4 is 0 Å². The third-order valence-electron chi connectivity index (χ3n) is 9.14. The summed E-state index contributed by atoms with van der Waals surface area (Å²) >= 11 is 0. The maximum atomic E-state index is 2.68. The highest BCUT2D eigenvalue weighted by Gasteiger charge is 2.57. The van der Waals surface area contributed by atoms with E-state index in [4.69, 9.17) is 0 Å². The first-order valence-corrected chi connectivity index (χ1v) is 10.9. The van der Waals surface area contributed by atoms with Crippen molar-refractivity contribution in [2.24, 2.45) is 46.3 Å². The lowest BCUT2D eigenvalue weighted by Gasteiger charge is -2.58. The zero-order valence-electron chi connectivity index (χ0n) is 16.8. The number of hydrogen-bond donors (Lipinski definition) is 0. The van der Waals surface area contributed by atoms with Crippen LogP contribution in [0, 0.1) is 46.3 Å². The summed E-state index contributed by atoms with van der Waals surface area (Å²) in [5.41, 5.74) is 1.29. The van der Waals surface area contributed by atoms with Crippen molar-refractivity contribution < 1.29 is 0 Å². The predicted octanol–water partition coefficient (Wildman–Crippen LogP) is 7.33. The van der Waals surface area contributed by atoms with Crippen molar-refractivity contribution in [2.75, 3.05) is 0 Å². The van der Waals surface area contributed by atoms with Crippen LogP contribution in [0.2, 0.25) is 0 Å². The molecule has 3 aliphatic carbocycles. The van der Waals surface area contributed by atoms with Crippen molar-refractivity contribution in [3.8, 4) is 0 Å². The van der Waals surface area contributed by atoms with Gasteiger partial charge in [0.1, 0.15) is 0 Å². The van der Waals surface area contributed by atoms with Gasteiger partial charge in [0.05, 0.1) is 0 Å². The Kier molecular flexibility index (Phi) is 4.94.